The van der Waals surface area contributed by atoms with Crippen molar-refractivity contribution in [3.63, 3.8) is 0 Å². The van der Waals surface area contributed by atoms with E-state index in [1.165, 1.54) is 25.7 Å². The summed E-state index contributed by atoms with van der Waals surface area (Å²) in [7, 11) is 0. The third-order valence-corrected chi connectivity index (χ3v) is 3.30. The van der Waals surface area contributed by atoms with Gasteiger partial charge in [0.05, 0.1) is 0 Å². The topological polar surface area (TPSA) is 29.0 Å². The Balaban J connectivity index is 2.92. The van der Waals surface area contributed by atoms with Crippen LogP contribution in [0.25, 0.3) is 0 Å². The molecule has 0 unspecified atom stereocenters. The van der Waals surface area contributed by atoms with Gasteiger partial charge < -0.3 is 4.90 Å². The summed E-state index contributed by atoms with van der Waals surface area (Å²) in [6.07, 6.45) is 4.75. The highest BCUT2D eigenvalue weighted by Gasteiger charge is 2.12. The predicted octanol–water partition coefficient (Wildman–Crippen LogP) is 4.66. The van der Waals surface area contributed by atoms with Crippen molar-refractivity contribution in [2.24, 2.45) is 0 Å². The van der Waals surface area contributed by atoms with Gasteiger partial charge in [0.25, 0.3) is 0 Å². The number of halogens is 1. The number of hydrogen-bond acceptors (Lipinski definition) is 3. The largest absolute Gasteiger partial charge is 0.356 e. The van der Waals surface area contributed by atoms with Gasteiger partial charge in [0.2, 0.25) is 0 Å². The van der Waals surface area contributed by atoms with Gasteiger partial charge in [-0.15, -0.1) is 0 Å². The molecule has 19 heavy (non-hydrogen) atoms. The first-order valence-corrected chi connectivity index (χ1v) is 7.75. The Kier molecular flexibility index (Phi) is 7.14. The molecule has 1 aromatic heterocycles. The molecule has 0 aliphatic heterocycles. The zero-order valence-corrected chi connectivity index (χ0v) is 13.4. The predicted molar refractivity (Wildman–Crippen MR) is 83.2 cm³/mol. The normalized spacial score (nSPS) is 11.1. The first-order valence-electron chi connectivity index (χ1n) is 7.37. The van der Waals surface area contributed by atoms with Gasteiger partial charge in [-0.3, -0.25) is 0 Å². The zero-order chi connectivity index (χ0) is 14.3. The summed E-state index contributed by atoms with van der Waals surface area (Å²) in [4.78, 5) is 11.3. The smallest absolute Gasteiger partial charge is 0.135 e. The van der Waals surface area contributed by atoms with E-state index < -0.39 is 0 Å². The van der Waals surface area contributed by atoms with Crippen LogP contribution in [0.5, 0.6) is 0 Å². The zero-order valence-electron chi connectivity index (χ0n) is 12.6. The van der Waals surface area contributed by atoms with E-state index in [4.69, 9.17) is 11.6 Å². The Labute approximate surface area is 122 Å². The van der Waals surface area contributed by atoms with Gasteiger partial charge in [-0.1, -0.05) is 52.1 Å². The van der Waals surface area contributed by atoms with Crippen LogP contribution in [0.15, 0.2) is 6.07 Å². The Morgan fingerprint density at radius 2 is 1.68 bits per heavy atom. The van der Waals surface area contributed by atoms with E-state index in [2.05, 4.69) is 42.6 Å². The van der Waals surface area contributed by atoms with E-state index in [1.807, 2.05) is 6.07 Å². The second kappa shape index (κ2) is 8.36. The van der Waals surface area contributed by atoms with Gasteiger partial charge in [0.1, 0.15) is 16.8 Å². The van der Waals surface area contributed by atoms with Crippen LogP contribution >= 0.6 is 11.6 Å². The highest BCUT2D eigenvalue weighted by Crippen LogP contribution is 2.20. The molecule has 0 aliphatic rings. The van der Waals surface area contributed by atoms with Crippen LogP contribution < -0.4 is 4.90 Å². The first kappa shape index (κ1) is 16.2. The van der Waals surface area contributed by atoms with Crippen molar-refractivity contribution in [2.75, 3.05) is 18.0 Å². The lowest BCUT2D eigenvalue weighted by Gasteiger charge is -2.24. The van der Waals surface area contributed by atoms with Gasteiger partial charge in [0.15, 0.2) is 0 Å². The molecule has 1 rings (SSSR count). The van der Waals surface area contributed by atoms with Crippen LogP contribution in [0.1, 0.15) is 65.1 Å². The third-order valence-electron chi connectivity index (χ3n) is 3.10. The molecule has 1 heterocycles. The number of nitrogens with zero attached hydrogens (tertiary/aromatic N) is 3. The highest BCUT2D eigenvalue weighted by molar-refractivity contribution is 6.29. The minimum absolute atomic E-state index is 0.302. The van der Waals surface area contributed by atoms with Crippen molar-refractivity contribution in [3.05, 3.63) is 17.0 Å². The lowest BCUT2D eigenvalue weighted by atomic mass is 10.2. The van der Waals surface area contributed by atoms with Crippen molar-refractivity contribution in [3.8, 4) is 0 Å². The molecule has 108 valence electrons. The molecular formula is C15H26ClN3. The Morgan fingerprint density at radius 3 is 2.16 bits per heavy atom. The number of rotatable bonds is 8. The van der Waals surface area contributed by atoms with Gasteiger partial charge >= 0.3 is 0 Å². The summed E-state index contributed by atoms with van der Waals surface area (Å²) < 4.78 is 0. The lowest BCUT2D eigenvalue weighted by Crippen LogP contribution is -2.27. The first-order chi connectivity index (χ1) is 9.08. The summed E-state index contributed by atoms with van der Waals surface area (Å²) in [6, 6.07) is 1.89. The van der Waals surface area contributed by atoms with Crippen LogP contribution in [0, 0.1) is 0 Å². The molecule has 0 N–H and O–H groups in total. The Hall–Kier alpha value is -0.830. The molecule has 0 saturated heterocycles. The minimum Gasteiger partial charge on any atom is -0.356 e. The summed E-state index contributed by atoms with van der Waals surface area (Å²) in [5.74, 6) is 2.11. The molecule has 0 amide bonds. The van der Waals surface area contributed by atoms with Crippen LogP contribution in [0.4, 0.5) is 5.82 Å². The van der Waals surface area contributed by atoms with Crippen LogP contribution in [0.3, 0.4) is 0 Å². The average Bonchev–Trinajstić information content (AvgIpc) is 2.38. The minimum atomic E-state index is 0.302. The molecule has 4 heteroatoms. The fourth-order valence-corrected chi connectivity index (χ4v) is 2.07. The average molecular weight is 284 g/mol. The molecule has 0 spiro atoms. The van der Waals surface area contributed by atoms with Gasteiger partial charge in [-0.05, 0) is 12.8 Å². The molecule has 0 saturated carbocycles. The summed E-state index contributed by atoms with van der Waals surface area (Å²) in [5.41, 5.74) is 0. The quantitative estimate of drug-likeness (QED) is 0.650. The second-order valence-corrected chi connectivity index (χ2v) is 5.64. The molecule has 0 fully saturated rings. The number of unbranched alkanes of at least 4 members (excludes halogenated alkanes) is 2. The number of aromatic nitrogens is 2. The molecule has 1 aromatic rings. The second-order valence-electron chi connectivity index (χ2n) is 5.26. The van der Waals surface area contributed by atoms with Crippen molar-refractivity contribution in [1.82, 2.24) is 9.97 Å². The van der Waals surface area contributed by atoms with E-state index in [1.54, 1.807) is 0 Å². The standard InChI is InChI=1S/C15H26ClN3/c1-5-7-9-19(10-8-6-2)14-11-13(16)17-15(18-14)12(3)4/h11-12H,5-10H2,1-4H3. The van der Waals surface area contributed by atoms with E-state index in [0.29, 0.717) is 11.1 Å². The highest BCUT2D eigenvalue weighted by atomic mass is 35.5. The summed E-state index contributed by atoms with van der Waals surface area (Å²) >= 11 is 6.13. The molecule has 0 bridgehead atoms. The fourth-order valence-electron chi connectivity index (χ4n) is 1.88. The van der Waals surface area contributed by atoms with Gasteiger partial charge in [-0.2, -0.15) is 0 Å². The molecule has 0 atom stereocenters. The molecule has 3 nitrogen and oxygen atoms in total. The maximum absolute atomic E-state index is 6.13. The number of hydrogen-bond donors (Lipinski definition) is 0. The van der Waals surface area contributed by atoms with Crippen molar-refractivity contribution in [1.29, 1.82) is 0 Å². The van der Waals surface area contributed by atoms with Crippen LogP contribution in [0.2, 0.25) is 5.15 Å². The maximum Gasteiger partial charge on any atom is 0.135 e. The fraction of sp³-hybridized carbons (Fsp3) is 0.733. The van der Waals surface area contributed by atoms with Crippen LogP contribution in [-0.4, -0.2) is 23.1 Å². The molecular weight excluding hydrogens is 258 g/mol. The number of anilines is 1. The third kappa shape index (κ3) is 5.35. The summed E-state index contributed by atoms with van der Waals surface area (Å²) in [5, 5.41) is 0.548. The molecule has 0 aromatic carbocycles. The Morgan fingerprint density at radius 1 is 1.11 bits per heavy atom. The van der Waals surface area contributed by atoms with E-state index >= 15 is 0 Å². The monoisotopic (exact) mass is 283 g/mol. The SMILES string of the molecule is CCCCN(CCCC)c1cc(Cl)nc(C(C)C)n1. The van der Waals surface area contributed by atoms with E-state index in [9.17, 15) is 0 Å². The maximum atomic E-state index is 6.13. The van der Waals surface area contributed by atoms with Gasteiger partial charge in [0, 0.05) is 25.1 Å². The van der Waals surface area contributed by atoms with Crippen molar-refractivity contribution < 1.29 is 0 Å². The van der Waals surface area contributed by atoms with Crippen molar-refractivity contribution in [2.45, 2.75) is 59.3 Å². The molecule has 0 aliphatic carbocycles. The summed E-state index contributed by atoms with van der Waals surface area (Å²) in [6.45, 7) is 10.7. The molecule has 0 radical (unpaired) electrons. The van der Waals surface area contributed by atoms with Crippen LogP contribution in [-0.2, 0) is 0 Å². The lowest BCUT2D eigenvalue weighted by molar-refractivity contribution is 0.664. The van der Waals surface area contributed by atoms with E-state index in [-0.39, 0.29) is 0 Å². The van der Waals surface area contributed by atoms with Gasteiger partial charge in [-0.25, -0.2) is 9.97 Å². The van der Waals surface area contributed by atoms with Crippen molar-refractivity contribution >= 4 is 17.4 Å². The Bertz CT molecular complexity index is 372. The van der Waals surface area contributed by atoms with E-state index in [0.717, 1.165) is 24.7 Å².